The van der Waals surface area contributed by atoms with Crippen LogP contribution in [0, 0.1) is 18.3 Å². The molecule has 1 aliphatic rings. The topological polar surface area (TPSA) is 64.9 Å². The fraction of sp³-hybridized carbons (Fsp3) is 0.692. The van der Waals surface area contributed by atoms with Gasteiger partial charge < -0.3 is 10.3 Å². The molecule has 17 heavy (non-hydrogen) atoms. The summed E-state index contributed by atoms with van der Waals surface area (Å²) < 4.78 is 5.19. The summed E-state index contributed by atoms with van der Waals surface area (Å²) in [7, 11) is 0. The van der Waals surface area contributed by atoms with Gasteiger partial charge in [-0.05, 0) is 18.8 Å². The number of nitrogens with zero attached hydrogens (tertiary/aromatic N) is 2. The van der Waals surface area contributed by atoms with Gasteiger partial charge in [0, 0.05) is 12.3 Å². The van der Waals surface area contributed by atoms with Gasteiger partial charge in [-0.2, -0.15) is 4.98 Å². The first-order valence-electron chi connectivity index (χ1n) is 6.23. The third-order valence-electron chi connectivity index (χ3n) is 3.41. The van der Waals surface area contributed by atoms with Crippen LogP contribution in [0.2, 0.25) is 0 Å². The highest BCUT2D eigenvalue weighted by atomic mass is 16.5. The molecular formula is C13H19N3O. The molecule has 0 saturated heterocycles. The zero-order valence-corrected chi connectivity index (χ0v) is 10.2. The van der Waals surface area contributed by atoms with Crippen molar-refractivity contribution in [2.45, 2.75) is 51.0 Å². The Morgan fingerprint density at radius 2 is 2.41 bits per heavy atom. The Kier molecular flexibility index (Phi) is 3.80. The van der Waals surface area contributed by atoms with Crippen molar-refractivity contribution < 1.29 is 4.52 Å². The molecule has 3 unspecified atom stereocenters. The minimum atomic E-state index is -0.331. The SMILES string of the molecule is C#CCC(N)c1nc(C2CCCC(C)C2)no1. The van der Waals surface area contributed by atoms with E-state index in [-0.39, 0.29) is 6.04 Å². The Morgan fingerprint density at radius 1 is 1.59 bits per heavy atom. The van der Waals surface area contributed by atoms with Gasteiger partial charge in [-0.3, -0.25) is 0 Å². The lowest BCUT2D eigenvalue weighted by molar-refractivity contribution is 0.316. The van der Waals surface area contributed by atoms with E-state index >= 15 is 0 Å². The monoisotopic (exact) mass is 233 g/mol. The second-order valence-electron chi connectivity index (χ2n) is 4.97. The molecular weight excluding hydrogens is 214 g/mol. The van der Waals surface area contributed by atoms with E-state index in [0.29, 0.717) is 18.2 Å². The third kappa shape index (κ3) is 2.86. The zero-order chi connectivity index (χ0) is 12.3. The van der Waals surface area contributed by atoms with Crippen LogP contribution in [-0.2, 0) is 0 Å². The van der Waals surface area contributed by atoms with Crippen LogP contribution in [0.4, 0.5) is 0 Å². The summed E-state index contributed by atoms with van der Waals surface area (Å²) in [6.45, 7) is 2.28. The fourth-order valence-electron chi connectivity index (χ4n) is 2.45. The lowest BCUT2D eigenvalue weighted by Gasteiger charge is -2.23. The van der Waals surface area contributed by atoms with Gasteiger partial charge in [0.2, 0.25) is 5.89 Å². The zero-order valence-electron chi connectivity index (χ0n) is 10.2. The number of hydrogen-bond donors (Lipinski definition) is 1. The highest BCUT2D eigenvalue weighted by molar-refractivity contribution is 5.02. The van der Waals surface area contributed by atoms with E-state index in [1.54, 1.807) is 0 Å². The van der Waals surface area contributed by atoms with Crippen LogP contribution in [0.1, 0.15) is 62.7 Å². The van der Waals surface area contributed by atoms with E-state index in [0.717, 1.165) is 24.6 Å². The Hall–Kier alpha value is -1.34. The first-order valence-corrected chi connectivity index (χ1v) is 6.23. The van der Waals surface area contributed by atoms with Crippen molar-refractivity contribution >= 4 is 0 Å². The van der Waals surface area contributed by atoms with Crippen molar-refractivity contribution in [3.05, 3.63) is 11.7 Å². The largest absolute Gasteiger partial charge is 0.338 e. The smallest absolute Gasteiger partial charge is 0.244 e. The predicted molar refractivity (Wildman–Crippen MR) is 65.0 cm³/mol. The summed E-state index contributed by atoms with van der Waals surface area (Å²) >= 11 is 0. The second-order valence-corrected chi connectivity index (χ2v) is 4.97. The lowest BCUT2D eigenvalue weighted by atomic mass is 9.82. The normalized spacial score (nSPS) is 26.4. The summed E-state index contributed by atoms with van der Waals surface area (Å²) in [6, 6.07) is -0.331. The molecule has 4 heteroatoms. The fourth-order valence-corrected chi connectivity index (χ4v) is 2.45. The minimum Gasteiger partial charge on any atom is -0.338 e. The lowest BCUT2D eigenvalue weighted by Crippen LogP contribution is -2.14. The standard InChI is InChI=1S/C13H19N3O/c1-3-5-11(14)13-15-12(16-17-13)10-7-4-6-9(2)8-10/h1,9-11H,4-8,14H2,2H3. The summed E-state index contributed by atoms with van der Waals surface area (Å²) in [5.41, 5.74) is 5.84. The van der Waals surface area contributed by atoms with Gasteiger partial charge in [-0.1, -0.05) is 24.9 Å². The van der Waals surface area contributed by atoms with E-state index in [1.165, 1.54) is 12.8 Å². The number of hydrogen-bond acceptors (Lipinski definition) is 4. The van der Waals surface area contributed by atoms with Crippen molar-refractivity contribution in [3.8, 4) is 12.3 Å². The summed E-state index contributed by atoms with van der Waals surface area (Å²) in [5.74, 6) is 4.95. The molecule has 2 N–H and O–H groups in total. The molecule has 4 nitrogen and oxygen atoms in total. The summed E-state index contributed by atoms with van der Waals surface area (Å²) in [6.07, 6.45) is 10.5. The van der Waals surface area contributed by atoms with Crippen LogP contribution in [0.5, 0.6) is 0 Å². The molecule has 1 aromatic rings. The first-order chi connectivity index (χ1) is 8.20. The quantitative estimate of drug-likeness (QED) is 0.814. The summed E-state index contributed by atoms with van der Waals surface area (Å²) in [5, 5.41) is 4.04. The molecule has 1 heterocycles. The number of aromatic nitrogens is 2. The van der Waals surface area contributed by atoms with Gasteiger partial charge in [-0.25, -0.2) is 0 Å². The number of rotatable bonds is 3. The van der Waals surface area contributed by atoms with Crippen LogP contribution >= 0.6 is 0 Å². The maximum atomic E-state index is 5.84. The van der Waals surface area contributed by atoms with Crippen LogP contribution in [0.15, 0.2) is 4.52 Å². The van der Waals surface area contributed by atoms with Gasteiger partial charge in [-0.15, -0.1) is 12.3 Å². The van der Waals surface area contributed by atoms with E-state index in [1.807, 2.05) is 0 Å². The average molecular weight is 233 g/mol. The number of terminal acetylenes is 1. The molecule has 1 aromatic heterocycles. The van der Waals surface area contributed by atoms with E-state index < -0.39 is 0 Å². The molecule has 92 valence electrons. The number of nitrogens with two attached hydrogens (primary N) is 1. The van der Waals surface area contributed by atoms with Crippen molar-refractivity contribution in [1.29, 1.82) is 0 Å². The van der Waals surface area contributed by atoms with E-state index in [9.17, 15) is 0 Å². The van der Waals surface area contributed by atoms with E-state index in [4.69, 9.17) is 16.7 Å². The Labute approximate surface area is 102 Å². The molecule has 1 aliphatic carbocycles. The van der Waals surface area contributed by atoms with Gasteiger partial charge in [0.25, 0.3) is 0 Å². The van der Waals surface area contributed by atoms with Gasteiger partial charge in [0.1, 0.15) is 0 Å². The highest BCUT2D eigenvalue weighted by Crippen LogP contribution is 2.34. The van der Waals surface area contributed by atoms with Crippen molar-refractivity contribution in [2.75, 3.05) is 0 Å². The molecule has 1 saturated carbocycles. The highest BCUT2D eigenvalue weighted by Gasteiger charge is 2.25. The summed E-state index contributed by atoms with van der Waals surface area (Å²) in [4.78, 5) is 4.39. The molecule has 0 aliphatic heterocycles. The first kappa shape index (κ1) is 12.1. The molecule has 3 atom stereocenters. The molecule has 0 spiro atoms. The second kappa shape index (κ2) is 5.33. The van der Waals surface area contributed by atoms with Gasteiger partial charge >= 0.3 is 0 Å². The maximum absolute atomic E-state index is 5.84. The predicted octanol–water partition coefficient (Wildman–Crippen LogP) is 2.39. The van der Waals surface area contributed by atoms with Crippen LogP contribution in [-0.4, -0.2) is 10.1 Å². The van der Waals surface area contributed by atoms with Gasteiger partial charge in [0.15, 0.2) is 5.82 Å². The van der Waals surface area contributed by atoms with Crippen LogP contribution in [0.3, 0.4) is 0 Å². The van der Waals surface area contributed by atoms with Crippen LogP contribution < -0.4 is 5.73 Å². The van der Waals surface area contributed by atoms with Crippen molar-refractivity contribution in [2.24, 2.45) is 11.7 Å². The van der Waals surface area contributed by atoms with Crippen LogP contribution in [0.25, 0.3) is 0 Å². The maximum Gasteiger partial charge on any atom is 0.244 e. The van der Waals surface area contributed by atoms with Gasteiger partial charge in [0.05, 0.1) is 6.04 Å². The minimum absolute atomic E-state index is 0.331. The Bertz CT molecular complexity index is 407. The molecule has 1 fully saturated rings. The molecule has 0 amide bonds. The Balaban J connectivity index is 2.05. The van der Waals surface area contributed by atoms with Crippen molar-refractivity contribution in [3.63, 3.8) is 0 Å². The third-order valence-corrected chi connectivity index (χ3v) is 3.41. The van der Waals surface area contributed by atoms with E-state index in [2.05, 4.69) is 23.0 Å². The molecule has 2 rings (SSSR count). The molecule has 0 aromatic carbocycles. The molecule has 0 bridgehead atoms. The average Bonchev–Trinajstić information content (AvgIpc) is 2.78. The Morgan fingerprint density at radius 3 is 3.12 bits per heavy atom. The molecule has 0 radical (unpaired) electrons. The van der Waals surface area contributed by atoms with Crippen molar-refractivity contribution in [1.82, 2.24) is 10.1 Å².